The van der Waals surface area contributed by atoms with Crippen LogP contribution in [0.2, 0.25) is 0 Å². The van der Waals surface area contributed by atoms with Crippen LogP contribution in [0.3, 0.4) is 0 Å². The Morgan fingerprint density at radius 3 is 2.73 bits per heavy atom. The van der Waals surface area contributed by atoms with E-state index in [1.165, 1.54) is 4.52 Å². The van der Waals surface area contributed by atoms with E-state index in [1.54, 1.807) is 6.07 Å². The molecule has 0 aliphatic carbocycles. The Hall–Kier alpha value is -3.19. The SMILES string of the molecule is Cc1cc2nc(CN(C)Cc3cc(-c4ccccc4)n[nH]3)cc(=O)n2[nH]1. The van der Waals surface area contributed by atoms with Gasteiger partial charge >= 0.3 is 0 Å². The van der Waals surface area contributed by atoms with Crippen molar-refractivity contribution < 1.29 is 0 Å². The number of nitrogens with zero attached hydrogens (tertiary/aromatic N) is 4. The molecule has 0 spiro atoms. The lowest BCUT2D eigenvalue weighted by molar-refractivity contribution is 0.311. The molecular formula is C19H20N6O. The Morgan fingerprint density at radius 2 is 1.92 bits per heavy atom. The van der Waals surface area contributed by atoms with E-state index in [4.69, 9.17) is 0 Å². The second kappa shape index (κ2) is 6.61. The van der Waals surface area contributed by atoms with Crippen molar-refractivity contribution in [3.63, 3.8) is 0 Å². The second-order valence-electron chi connectivity index (χ2n) is 6.54. The van der Waals surface area contributed by atoms with E-state index in [-0.39, 0.29) is 5.56 Å². The molecule has 1 aromatic carbocycles. The zero-order valence-corrected chi connectivity index (χ0v) is 14.7. The number of H-pyrrole nitrogens is 2. The van der Waals surface area contributed by atoms with E-state index in [0.29, 0.717) is 18.7 Å². The summed E-state index contributed by atoms with van der Waals surface area (Å²) in [6.07, 6.45) is 0. The van der Waals surface area contributed by atoms with Crippen LogP contribution < -0.4 is 5.56 Å². The molecule has 0 saturated carbocycles. The minimum absolute atomic E-state index is 0.0978. The average Bonchev–Trinajstić information content (AvgIpc) is 3.22. The first-order valence-electron chi connectivity index (χ1n) is 8.45. The lowest BCUT2D eigenvalue weighted by Gasteiger charge is -2.14. The van der Waals surface area contributed by atoms with Crippen molar-refractivity contribution >= 4 is 5.65 Å². The van der Waals surface area contributed by atoms with Gasteiger partial charge in [-0.3, -0.25) is 19.9 Å². The zero-order chi connectivity index (χ0) is 18.1. The number of benzene rings is 1. The van der Waals surface area contributed by atoms with Gasteiger partial charge in [0, 0.05) is 42.2 Å². The minimum atomic E-state index is -0.0978. The number of aromatic amines is 2. The standard InChI is InChI=1S/C19H20N6O/c1-13-8-18-20-15(10-19(26)25(18)23-13)11-24(2)12-16-9-17(22-21-16)14-6-4-3-5-7-14/h3-10,23H,11-12H2,1-2H3,(H,21,22). The van der Waals surface area contributed by atoms with Crippen LogP contribution in [-0.4, -0.2) is 36.7 Å². The van der Waals surface area contributed by atoms with Gasteiger partial charge in [0.2, 0.25) is 0 Å². The van der Waals surface area contributed by atoms with Gasteiger partial charge in [-0.1, -0.05) is 30.3 Å². The number of fused-ring (bicyclic) bond motifs is 1. The lowest BCUT2D eigenvalue weighted by atomic mass is 10.1. The fourth-order valence-corrected chi connectivity index (χ4v) is 3.06. The maximum absolute atomic E-state index is 12.2. The summed E-state index contributed by atoms with van der Waals surface area (Å²) in [5, 5.41) is 10.4. The third kappa shape index (κ3) is 3.29. The second-order valence-corrected chi connectivity index (χ2v) is 6.54. The van der Waals surface area contributed by atoms with Crippen molar-refractivity contribution in [3.05, 3.63) is 76.0 Å². The summed E-state index contributed by atoms with van der Waals surface area (Å²) in [4.78, 5) is 18.8. The van der Waals surface area contributed by atoms with Crippen LogP contribution in [0.5, 0.6) is 0 Å². The van der Waals surface area contributed by atoms with Crippen LogP contribution in [0.15, 0.2) is 53.3 Å². The van der Waals surface area contributed by atoms with E-state index in [0.717, 1.165) is 28.3 Å². The third-order valence-corrected chi connectivity index (χ3v) is 4.20. The van der Waals surface area contributed by atoms with E-state index >= 15 is 0 Å². The number of hydrogen-bond donors (Lipinski definition) is 2. The Bertz CT molecular complexity index is 1090. The predicted molar refractivity (Wildman–Crippen MR) is 99.7 cm³/mol. The van der Waals surface area contributed by atoms with Crippen molar-refractivity contribution in [2.75, 3.05) is 7.05 Å². The molecule has 7 nitrogen and oxygen atoms in total. The maximum Gasteiger partial charge on any atom is 0.272 e. The zero-order valence-electron chi connectivity index (χ0n) is 14.7. The molecule has 0 unspecified atom stereocenters. The van der Waals surface area contributed by atoms with Crippen LogP contribution in [0.4, 0.5) is 0 Å². The first-order valence-corrected chi connectivity index (χ1v) is 8.45. The number of rotatable bonds is 5. The molecule has 4 rings (SSSR count). The molecular weight excluding hydrogens is 328 g/mol. The largest absolute Gasteiger partial charge is 0.295 e. The number of aromatic nitrogens is 5. The van der Waals surface area contributed by atoms with Crippen molar-refractivity contribution in [1.29, 1.82) is 0 Å². The molecule has 3 aromatic heterocycles. The number of hydrogen-bond acceptors (Lipinski definition) is 4. The Balaban J connectivity index is 1.48. The fourth-order valence-electron chi connectivity index (χ4n) is 3.06. The summed E-state index contributed by atoms with van der Waals surface area (Å²) < 4.78 is 1.46. The molecule has 132 valence electrons. The highest BCUT2D eigenvalue weighted by Gasteiger charge is 2.10. The number of nitrogens with one attached hydrogen (secondary N) is 2. The monoisotopic (exact) mass is 348 g/mol. The Morgan fingerprint density at radius 1 is 1.12 bits per heavy atom. The van der Waals surface area contributed by atoms with Crippen molar-refractivity contribution in [2.24, 2.45) is 0 Å². The van der Waals surface area contributed by atoms with Gasteiger partial charge in [0.05, 0.1) is 11.4 Å². The van der Waals surface area contributed by atoms with Gasteiger partial charge in [-0.25, -0.2) is 9.50 Å². The van der Waals surface area contributed by atoms with Crippen LogP contribution in [-0.2, 0) is 13.1 Å². The Kier molecular flexibility index (Phi) is 4.14. The van der Waals surface area contributed by atoms with Crippen LogP contribution in [0.1, 0.15) is 17.1 Å². The molecule has 0 aliphatic heterocycles. The van der Waals surface area contributed by atoms with Gasteiger partial charge in [-0.15, -0.1) is 0 Å². The molecule has 0 amide bonds. The van der Waals surface area contributed by atoms with Gasteiger partial charge in [0.1, 0.15) is 0 Å². The topological polar surface area (TPSA) is 82.1 Å². The molecule has 26 heavy (non-hydrogen) atoms. The molecule has 0 bridgehead atoms. The first kappa shape index (κ1) is 16.3. The van der Waals surface area contributed by atoms with Crippen LogP contribution in [0.25, 0.3) is 16.9 Å². The summed E-state index contributed by atoms with van der Waals surface area (Å²) in [6, 6.07) is 15.5. The predicted octanol–water partition coefficient (Wildman–Crippen LogP) is 2.35. The van der Waals surface area contributed by atoms with Gasteiger partial charge < -0.3 is 0 Å². The summed E-state index contributed by atoms with van der Waals surface area (Å²) in [7, 11) is 1.99. The fraction of sp³-hybridized carbons (Fsp3) is 0.211. The average molecular weight is 348 g/mol. The first-order chi connectivity index (χ1) is 12.6. The van der Waals surface area contributed by atoms with Gasteiger partial charge in [-0.2, -0.15) is 5.10 Å². The quantitative estimate of drug-likeness (QED) is 0.580. The molecule has 0 fully saturated rings. The molecule has 2 N–H and O–H groups in total. The number of aryl methyl sites for hydroxylation is 1. The molecule has 0 radical (unpaired) electrons. The van der Waals surface area contributed by atoms with Gasteiger partial charge in [0.15, 0.2) is 5.65 Å². The van der Waals surface area contributed by atoms with E-state index < -0.39 is 0 Å². The van der Waals surface area contributed by atoms with Crippen LogP contribution in [0, 0.1) is 6.92 Å². The molecule has 0 atom stereocenters. The van der Waals surface area contributed by atoms with Crippen molar-refractivity contribution in [2.45, 2.75) is 20.0 Å². The molecule has 0 saturated heterocycles. The van der Waals surface area contributed by atoms with Crippen LogP contribution >= 0.6 is 0 Å². The van der Waals surface area contributed by atoms with Crippen molar-refractivity contribution in [1.82, 2.24) is 29.7 Å². The van der Waals surface area contributed by atoms with E-state index in [2.05, 4.69) is 25.2 Å². The van der Waals surface area contributed by atoms with E-state index in [9.17, 15) is 4.79 Å². The normalized spacial score (nSPS) is 11.5. The van der Waals surface area contributed by atoms with Gasteiger partial charge in [0.25, 0.3) is 5.56 Å². The molecule has 4 aromatic rings. The molecule has 7 heteroatoms. The highest BCUT2D eigenvalue weighted by atomic mass is 16.1. The smallest absolute Gasteiger partial charge is 0.272 e. The summed E-state index contributed by atoms with van der Waals surface area (Å²) in [5.41, 5.74) is 5.23. The third-order valence-electron chi connectivity index (χ3n) is 4.20. The Labute approximate surface area is 150 Å². The molecule has 3 heterocycles. The highest BCUT2D eigenvalue weighted by molar-refractivity contribution is 5.58. The summed E-state index contributed by atoms with van der Waals surface area (Å²) in [6.45, 7) is 3.17. The summed E-state index contributed by atoms with van der Waals surface area (Å²) in [5.74, 6) is 0. The van der Waals surface area contributed by atoms with E-state index in [1.807, 2.05) is 56.4 Å². The lowest BCUT2D eigenvalue weighted by Crippen LogP contribution is -2.22. The van der Waals surface area contributed by atoms with Gasteiger partial charge in [-0.05, 0) is 20.0 Å². The minimum Gasteiger partial charge on any atom is -0.295 e. The maximum atomic E-state index is 12.2. The van der Waals surface area contributed by atoms with Crippen molar-refractivity contribution in [3.8, 4) is 11.3 Å². The summed E-state index contributed by atoms with van der Waals surface area (Å²) >= 11 is 0. The highest BCUT2D eigenvalue weighted by Crippen LogP contribution is 2.17. The molecule has 0 aliphatic rings.